The minimum atomic E-state index is -0.598. The number of aliphatic hydroxyl groups is 1. The molecule has 2 nitrogen and oxygen atoms in total. The van der Waals surface area contributed by atoms with E-state index in [1.54, 1.807) is 7.11 Å². The van der Waals surface area contributed by atoms with Crippen molar-refractivity contribution < 1.29 is 9.84 Å². The molecule has 0 aromatic heterocycles. The van der Waals surface area contributed by atoms with Gasteiger partial charge in [0.25, 0.3) is 0 Å². The molecule has 0 saturated carbocycles. The van der Waals surface area contributed by atoms with Gasteiger partial charge in [-0.25, -0.2) is 0 Å². The van der Waals surface area contributed by atoms with E-state index >= 15 is 0 Å². The summed E-state index contributed by atoms with van der Waals surface area (Å²) in [6, 6.07) is 0. The lowest BCUT2D eigenvalue weighted by Crippen LogP contribution is -2.36. The van der Waals surface area contributed by atoms with Crippen LogP contribution in [0.15, 0.2) is 0 Å². The van der Waals surface area contributed by atoms with Gasteiger partial charge in [-0.3, -0.25) is 0 Å². The van der Waals surface area contributed by atoms with Crippen LogP contribution in [0.1, 0.15) is 40.5 Å². The zero-order chi connectivity index (χ0) is 9.12. The van der Waals surface area contributed by atoms with Crippen LogP contribution in [0.4, 0.5) is 0 Å². The van der Waals surface area contributed by atoms with E-state index in [1.807, 2.05) is 27.7 Å². The predicted octanol–water partition coefficient (Wildman–Crippen LogP) is 1.96. The van der Waals surface area contributed by atoms with E-state index in [9.17, 15) is 5.11 Å². The third-order valence-electron chi connectivity index (χ3n) is 2.12. The summed E-state index contributed by atoms with van der Waals surface area (Å²) in [6.45, 7) is 7.79. The van der Waals surface area contributed by atoms with Gasteiger partial charge in [0.2, 0.25) is 0 Å². The quantitative estimate of drug-likeness (QED) is 0.681. The third kappa shape index (κ3) is 4.38. The average molecular weight is 160 g/mol. The second-order valence-corrected chi connectivity index (χ2v) is 3.99. The highest BCUT2D eigenvalue weighted by atomic mass is 16.5. The van der Waals surface area contributed by atoms with Crippen LogP contribution in [0.25, 0.3) is 0 Å². The van der Waals surface area contributed by atoms with Crippen molar-refractivity contribution in [2.45, 2.75) is 51.7 Å². The zero-order valence-electron chi connectivity index (χ0n) is 8.27. The summed E-state index contributed by atoms with van der Waals surface area (Å²) in [4.78, 5) is 0. The molecule has 68 valence electrons. The molecule has 1 atom stereocenters. The maximum Gasteiger partial charge on any atom is 0.0650 e. The molecule has 0 bridgehead atoms. The molecule has 11 heavy (non-hydrogen) atoms. The monoisotopic (exact) mass is 160 g/mol. The summed E-state index contributed by atoms with van der Waals surface area (Å²) in [5.74, 6) is 0. The van der Waals surface area contributed by atoms with Crippen molar-refractivity contribution in [2.75, 3.05) is 7.11 Å². The van der Waals surface area contributed by atoms with Crippen LogP contribution in [-0.4, -0.2) is 23.4 Å². The normalized spacial score (nSPS) is 18.0. The maximum absolute atomic E-state index is 9.71. The fourth-order valence-electron chi connectivity index (χ4n) is 1.11. The van der Waals surface area contributed by atoms with E-state index in [4.69, 9.17) is 4.74 Å². The standard InChI is InChI=1S/C9H20O2/c1-6-9(4,10)7-8(2,3)11-5/h10H,6-7H2,1-5H3/t9-/m1/s1. The summed E-state index contributed by atoms with van der Waals surface area (Å²) in [5, 5.41) is 9.71. The summed E-state index contributed by atoms with van der Waals surface area (Å²) in [6.07, 6.45) is 1.44. The van der Waals surface area contributed by atoms with Crippen molar-refractivity contribution in [3.8, 4) is 0 Å². The van der Waals surface area contributed by atoms with Crippen LogP contribution in [-0.2, 0) is 4.74 Å². The average Bonchev–Trinajstić information content (AvgIpc) is 1.86. The lowest BCUT2D eigenvalue weighted by Gasteiger charge is -2.31. The number of hydrogen-bond acceptors (Lipinski definition) is 2. The lowest BCUT2D eigenvalue weighted by atomic mass is 9.89. The van der Waals surface area contributed by atoms with Crippen LogP contribution < -0.4 is 0 Å². The molecule has 0 heterocycles. The Morgan fingerprint density at radius 3 is 2.00 bits per heavy atom. The lowest BCUT2D eigenvalue weighted by molar-refractivity contribution is -0.0599. The van der Waals surface area contributed by atoms with Crippen molar-refractivity contribution in [3.05, 3.63) is 0 Å². The summed E-state index contributed by atoms with van der Waals surface area (Å²) in [7, 11) is 1.67. The Balaban J connectivity index is 4.02. The summed E-state index contributed by atoms with van der Waals surface area (Å²) in [5.41, 5.74) is -0.820. The molecule has 0 amide bonds. The second-order valence-electron chi connectivity index (χ2n) is 3.99. The Morgan fingerprint density at radius 1 is 1.27 bits per heavy atom. The summed E-state index contributed by atoms with van der Waals surface area (Å²) < 4.78 is 5.22. The van der Waals surface area contributed by atoms with Crippen molar-refractivity contribution in [3.63, 3.8) is 0 Å². The molecule has 0 unspecified atom stereocenters. The van der Waals surface area contributed by atoms with Gasteiger partial charge in [-0.2, -0.15) is 0 Å². The Hall–Kier alpha value is -0.0800. The molecule has 0 rings (SSSR count). The molecule has 0 aromatic carbocycles. The van der Waals surface area contributed by atoms with Gasteiger partial charge in [-0.05, 0) is 27.2 Å². The highest BCUT2D eigenvalue weighted by Gasteiger charge is 2.28. The Labute approximate surface area is 69.6 Å². The molecule has 0 saturated heterocycles. The van der Waals surface area contributed by atoms with Crippen molar-refractivity contribution in [2.24, 2.45) is 0 Å². The molecular weight excluding hydrogens is 140 g/mol. The van der Waals surface area contributed by atoms with E-state index < -0.39 is 5.60 Å². The number of methoxy groups -OCH3 is 1. The van der Waals surface area contributed by atoms with Gasteiger partial charge in [-0.15, -0.1) is 0 Å². The van der Waals surface area contributed by atoms with Crippen LogP contribution in [0.3, 0.4) is 0 Å². The van der Waals surface area contributed by atoms with Gasteiger partial charge in [0.1, 0.15) is 0 Å². The summed E-state index contributed by atoms with van der Waals surface area (Å²) >= 11 is 0. The van der Waals surface area contributed by atoms with Gasteiger partial charge < -0.3 is 9.84 Å². The first-order valence-electron chi connectivity index (χ1n) is 4.10. The highest BCUT2D eigenvalue weighted by molar-refractivity contribution is 4.81. The van der Waals surface area contributed by atoms with E-state index in [0.29, 0.717) is 6.42 Å². The van der Waals surface area contributed by atoms with Crippen LogP contribution in [0, 0.1) is 0 Å². The largest absolute Gasteiger partial charge is 0.390 e. The Morgan fingerprint density at radius 2 is 1.73 bits per heavy atom. The number of ether oxygens (including phenoxy) is 1. The maximum atomic E-state index is 9.71. The van der Waals surface area contributed by atoms with Crippen LogP contribution in [0.2, 0.25) is 0 Å². The fraction of sp³-hybridized carbons (Fsp3) is 1.00. The molecule has 0 aliphatic heterocycles. The topological polar surface area (TPSA) is 29.5 Å². The number of rotatable bonds is 4. The van der Waals surface area contributed by atoms with Gasteiger partial charge in [0.05, 0.1) is 11.2 Å². The first-order valence-corrected chi connectivity index (χ1v) is 4.10. The first-order chi connectivity index (χ1) is 4.83. The second kappa shape index (κ2) is 3.55. The molecule has 0 spiro atoms. The van der Waals surface area contributed by atoms with Crippen molar-refractivity contribution in [1.29, 1.82) is 0 Å². The fourth-order valence-corrected chi connectivity index (χ4v) is 1.11. The molecule has 1 N–H and O–H groups in total. The van der Waals surface area contributed by atoms with Gasteiger partial charge in [-0.1, -0.05) is 6.92 Å². The SMILES string of the molecule is CC[C@@](C)(O)CC(C)(C)OC. The van der Waals surface area contributed by atoms with E-state index in [0.717, 1.165) is 6.42 Å². The molecular formula is C9H20O2. The minimum absolute atomic E-state index is 0.223. The molecule has 0 aliphatic rings. The van der Waals surface area contributed by atoms with Gasteiger partial charge in [0, 0.05) is 13.5 Å². The third-order valence-corrected chi connectivity index (χ3v) is 2.12. The molecule has 2 heteroatoms. The van der Waals surface area contributed by atoms with Gasteiger partial charge >= 0.3 is 0 Å². The van der Waals surface area contributed by atoms with Crippen molar-refractivity contribution >= 4 is 0 Å². The molecule has 0 radical (unpaired) electrons. The predicted molar refractivity (Wildman–Crippen MR) is 46.6 cm³/mol. The van der Waals surface area contributed by atoms with E-state index in [-0.39, 0.29) is 5.60 Å². The Kier molecular flexibility index (Phi) is 3.52. The zero-order valence-corrected chi connectivity index (χ0v) is 8.27. The first kappa shape index (κ1) is 10.9. The Bertz CT molecular complexity index is 103. The van der Waals surface area contributed by atoms with E-state index in [2.05, 4.69) is 0 Å². The molecule has 0 fully saturated rings. The highest BCUT2D eigenvalue weighted by Crippen LogP contribution is 2.24. The van der Waals surface area contributed by atoms with Crippen molar-refractivity contribution in [1.82, 2.24) is 0 Å². The van der Waals surface area contributed by atoms with Gasteiger partial charge in [0.15, 0.2) is 0 Å². The van der Waals surface area contributed by atoms with E-state index in [1.165, 1.54) is 0 Å². The van der Waals surface area contributed by atoms with Crippen LogP contribution in [0.5, 0.6) is 0 Å². The minimum Gasteiger partial charge on any atom is -0.390 e. The smallest absolute Gasteiger partial charge is 0.0650 e. The number of hydrogen-bond donors (Lipinski definition) is 1. The molecule has 0 aromatic rings. The van der Waals surface area contributed by atoms with Crippen LogP contribution >= 0.6 is 0 Å². The molecule has 0 aliphatic carbocycles.